The first-order chi connectivity index (χ1) is 9.69. The molecule has 3 aromatic rings. The van der Waals surface area contributed by atoms with Crippen molar-refractivity contribution >= 4 is 23.2 Å². The molecule has 0 unspecified atom stereocenters. The lowest BCUT2D eigenvalue weighted by Gasteiger charge is -2.00. The van der Waals surface area contributed by atoms with Gasteiger partial charge in [-0.2, -0.15) is 0 Å². The summed E-state index contributed by atoms with van der Waals surface area (Å²) in [5.41, 5.74) is 1.74. The highest BCUT2D eigenvalue weighted by atomic mass is 35.5. The molecule has 0 fully saturated rings. The van der Waals surface area contributed by atoms with Gasteiger partial charge in [-0.25, -0.2) is 14.3 Å². The Kier molecular flexibility index (Phi) is 3.12. The van der Waals surface area contributed by atoms with E-state index in [2.05, 4.69) is 10.1 Å². The van der Waals surface area contributed by atoms with E-state index in [1.165, 1.54) is 11.6 Å². The number of carbonyl (C=O) groups excluding carboxylic acids is 1. The highest BCUT2D eigenvalue weighted by Gasteiger charge is 2.14. The fourth-order valence-electron chi connectivity index (χ4n) is 1.89. The second kappa shape index (κ2) is 4.94. The largest absolute Gasteiger partial charge is 0.464 e. The molecule has 0 aliphatic heterocycles. The molecule has 0 atom stereocenters. The van der Waals surface area contributed by atoms with E-state index < -0.39 is 5.97 Å². The molecule has 0 amide bonds. The van der Waals surface area contributed by atoms with E-state index >= 15 is 0 Å². The van der Waals surface area contributed by atoms with E-state index in [0.717, 1.165) is 5.56 Å². The summed E-state index contributed by atoms with van der Waals surface area (Å²) in [7, 11) is 1.33. The first-order valence-electron chi connectivity index (χ1n) is 5.89. The normalized spacial score (nSPS) is 10.7. The zero-order chi connectivity index (χ0) is 14.1. The number of rotatable bonds is 2. The van der Waals surface area contributed by atoms with Crippen LogP contribution < -0.4 is 0 Å². The van der Waals surface area contributed by atoms with Crippen LogP contribution in [-0.4, -0.2) is 27.7 Å². The standard InChI is InChI=1S/C14H10ClN3O2/c1-20-14(19)11-3-2-4-12-16-13(17-18(11)12)9-5-7-10(15)8-6-9/h2-8H,1H3. The van der Waals surface area contributed by atoms with E-state index in [9.17, 15) is 4.79 Å². The van der Waals surface area contributed by atoms with Gasteiger partial charge < -0.3 is 4.74 Å². The van der Waals surface area contributed by atoms with E-state index in [-0.39, 0.29) is 0 Å². The molecule has 6 heteroatoms. The molecule has 0 saturated carbocycles. The summed E-state index contributed by atoms with van der Waals surface area (Å²) in [6, 6.07) is 12.3. The van der Waals surface area contributed by atoms with Crippen LogP contribution >= 0.6 is 11.6 Å². The lowest BCUT2D eigenvalue weighted by molar-refractivity contribution is 0.0591. The Hall–Kier alpha value is -2.40. The molecular formula is C14H10ClN3O2. The minimum Gasteiger partial charge on any atom is -0.464 e. The summed E-state index contributed by atoms with van der Waals surface area (Å²) in [4.78, 5) is 16.1. The first kappa shape index (κ1) is 12.6. The molecule has 0 aliphatic rings. The molecule has 2 aromatic heterocycles. The van der Waals surface area contributed by atoms with Crippen molar-refractivity contribution < 1.29 is 9.53 Å². The average molecular weight is 288 g/mol. The molecule has 1 aromatic carbocycles. The van der Waals surface area contributed by atoms with Gasteiger partial charge in [-0.1, -0.05) is 17.7 Å². The number of pyridine rings is 1. The third-order valence-corrected chi connectivity index (χ3v) is 3.11. The Balaban J connectivity index is 2.15. The molecular weight excluding hydrogens is 278 g/mol. The number of nitrogens with zero attached hydrogens (tertiary/aromatic N) is 3. The van der Waals surface area contributed by atoms with Crippen molar-refractivity contribution in [1.29, 1.82) is 0 Å². The van der Waals surface area contributed by atoms with Crippen LogP contribution in [0.2, 0.25) is 5.02 Å². The van der Waals surface area contributed by atoms with Crippen LogP contribution in [0, 0.1) is 0 Å². The number of hydrogen-bond acceptors (Lipinski definition) is 4. The highest BCUT2D eigenvalue weighted by Crippen LogP contribution is 2.19. The molecule has 0 spiro atoms. The second-order valence-electron chi connectivity index (χ2n) is 4.11. The predicted octanol–water partition coefficient (Wildman–Crippen LogP) is 2.84. The lowest BCUT2D eigenvalue weighted by Crippen LogP contribution is -2.08. The van der Waals surface area contributed by atoms with Crippen LogP contribution in [0.4, 0.5) is 0 Å². The number of fused-ring (bicyclic) bond motifs is 1. The summed E-state index contributed by atoms with van der Waals surface area (Å²) in [6.45, 7) is 0. The summed E-state index contributed by atoms with van der Waals surface area (Å²) in [6.07, 6.45) is 0. The van der Waals surface area contributed by atoms with Gasteiger partial charge >= 0.3 is 5.97 Å². The van der Waals surface area contributed by atoms with Gasteiger partial charge in [0.2, 0.25) is 0 Å². The van der Waals surface area contributed by atoms with Crippen molar-refractivity contribution in [3.8, 4) is 11.4 Å². The Morgan fingerprint density at radius 1 is 1.20 bits per heavy atom. The topological polar surface area (TPSA) is 56.5 Å². The Labute approximate surface area is 119 Å². The molecule has 5 nitrogen and oxygen atoms in total. The zero-order valence-corrected chi connectivity index (χ0v) is 11.3. The zero-order valence-electron chi connectivity index (χ0n) is 10.6. The first-order valence-corrected chi connectivity index (χ1v) is 6.27. The van der Waals surface area contributed by atoms with Crippen LogP contribution in [0.5, 0.6) is 0 Å². The van der Waals surface area contributed by atoms with Crippen molar-refractivity contribution in [2.45, 2.75) is 0 Å². The van der Waals surface area contributed by atoms with E-state index in [0.29, 0.717) is 22.2 Å². The number of esters is 1. The molecule has 0 N–H and O–H groups in total. The fourth-order valence-corrected chi connectivity index (χ4v) is 2.01. The van der Waals surface area contributed by atoms with Crippen molar-refractivity contribution in [3.63, 3.8) is 0 Å². The van der Waals surface area contributed by atoms with Gasteiger partial charge in [-0.15, -0.1) is 5.10 Å². The Morgan fingerprint density at radius 2 is 1.95 bits per heavy atom. The number of methoxy groups -OCH3 is 1. The molecule has 0 saturated heterocycles. The van der Waals surface area contributed by atoms with Crippen LogP contribution in [0.25, 0.3) is 17.0 Å². The maximum Gasteiger partial charge on any atom is 0.356 e. The number of hydrogen-bond donors (Lipinski definition) is 0. The van der Waals surface area contributed by atoms with Gasteiger partial charge in [0, 0.05) is 10.6 Å². The van der Waals surface area contributed by atoms with Crippen LogP contribution in [0.15, 0.2) is 42.5 Å². The van der Waals surface area contributed by atoms with Crippen LogP contribution in [0.1, 0.15) is 10.5 Å². The minimum absolute atomic E-state index is 0.331. The van der Waals surface area contributed by atoms with Gasteiger partial charge in [0.25, 0.3) is 0 Å². The second-order valence-corrected chi connectivity index (χ2v) is 4.55. The van der Waals surface area contributed by atoms with Crippen molar-refractivity contribution in [3.05, 3.63) is 53.2 Å². The molecule has 2 heterocycles. The molecule has 0 radical (unpaired) electrons. The summed E-state index contributed by atoms with van der Waals surface area (Å²) >= 11 is 5.86. The molecule has 0 bridgehead atoms. The maximum atomic E-state index is 11.7. The fraction of sp³-hybridized carbons (Fsp3) is 0.0714. The predicted molar refractivity (Wildman–Crippen MR) is 74.8 cm³/mol. The molecule has 3 rings (SSSR count). The minimum atomic E-state index is -0.455. The van der Waals surface area contributed by atoms with E-state index in [1.807, 2.05) is 12.1 Å². The van der Waals surface area contributed by atoms with Crippen molar-refractivity contribution in [2.75, 3.05) is 7.11 Å². The van der Waals surface area contributed by atoms with E-state index in [4.69, 9.17) is 16.3 Å². The van der Waals surface area contributed by atoms with Crippen molar-refractivity contribution in [1.82, 2.24) is 14.6 Å². The molecule has 100 valence electrons. The number of carbonyl (C=O) groups is 1. The van der Waals surface area contributed by atoms with E-state index in [1.54, 1.807) is 30.3 Å². The maximum absolute atomic E-state index is 11.7. The van der Waals surface area contributed by atoms with Crippen LogP contribution in [-0.2, 0) is 4.74 Å². The number of benzene rings is 1. The van der Waals surface area contributed by atoms with Gasteiger partial charge in [-0.05, 0) is 36.4 Å². The third kappa shape index (κ3) is 2.12. The van der Waals surface area contributed by atoms with Crippen LogP contribution in [0.3, 0.4) is 0 Å². The van der Waals surface area contributed by atoms with Gasteiger partial charge in [0.1, 0.15) is 0 Å². The summed E-state index contributed by atoms with van der Waals surface area (Å²) in [5.74, 6) is 0.0705. The third-order valence-electron chi connectivity index (χ3n) is 2.86. The Morgan fingerprint density at radius 3 is 2.65 bits per heavy atom. The van der Waals surface area contributed by atoms with Gasteiger partial charge in [0.05, 0.1) is 7.11 Å². The monoisotopic (exact) mass is 287 g/mol. The quantitative estimate of drug-likeness (QED) is 0.680. The number of halogens is 1. The average Bonchev–Trinajstić information content (AvgIpc) is 2.91. The summed E-state index contributed by atoms with van der Waals surface area (Å²) in [5, 5.41) is 4.99. The van der Waals surface area contributed by atoms with Gasteiger partial charge in [0.15, 0.2) is 17.2 Å². The Bertz CT molecular complexity index is 781. The summed E-state index contributed by atoms with van der Waals surface area (Å²) < 4.78 is 6.20. The molecule has 20 heavy (non-hydrogen) atoms. The lowest BCUT2D eigenvalue weighted by atomic mass is 10.2. The van der Waals surface area contributed by atoms with Crippen molar-refractivity contribution in [2.24, 2.45) is 0 Å². The molecule has 0 aliphatic carbocycles. The van der Waals surface area contributed by atoms with Gasteiger partial charge in [-0.3, -0.25) is 0 Å². The number of aromatic nitrogens is 3. The number of ether oxygens (including phenoxy) is 1. The smallest absolute Gasteiger partial charge is 0.356 e. The SMILES string of the molecule is COC(=O)c1cccc2nc(-c3ccc(Cl)cc3)nn12. The highest BCUT2D eigenvalue weighted by molar-refractivity contribution is 6.30.